The number of fused-ring (bicyclic) bond motifs is 1. The number of hydrogen-bond acceptors (Lipinski definition) is 3. The molecule has 4 heteroatoms. The van der Waals surface area contributed by atoms with Gasteiger partial charge in [-0.25, -0.2) is 4.39 Å². The van der Waals surface area contributed by atoms with Crippen LogP contribution in [0.25, 0.3) is 0 Å². The second-order valence-corrected chi connectivity index (χ2v) is 5.73. The van der Waals surface area contributed by atoms with Gasteiger partial charge in [-0.2, -0.15) is 0 Å². The number of hydrogen-bond donors (Lipinski definition) is 1. The molecule has 0 bridgehead atoms. The maximum Gasteiger partial charge on any atom is 0.307 e. The van der Waals surface area contributed by atoms with E-state index in [2.05, 4.69) is 0 Å². The molecule has 0 amide bonds. The lowest BCUT2D eigenvalue weighted by Gasteiger charge is -2.24. The molecule has 1 aliphatic heterocycles. The number of carbonyl (C=O) groups excluding carboxylic acids is 1. The first-order chi connectivity index (χ1) is 9.07. The second kappa shape index (κ2) is 6.04. The van der Waals surface area contributed by atoms with Crippen LogP contribution < -0.4 is 0 Å². The van der Waals surface area contributed by atoms with E-state index in [1.165, 1.54) is 6.08 Å². The minimum Gasteiger partial charge on any atom is -0.454 e. The Hall–Kier alpha value is -0.900. The summed E-state index contributed by atoms with van der Waals surface area (Å²) in [5.74, 6) is 0.0313. The molecule has 0 aromatic carbocycles. The van der Waals surface area contributed by atoms with Crippen LogP contribution in [-0.4, -0.2) is 29.0 Å². The average molecular weight is 270 g/mol. The highest BCUT2D eigenvalue weighted by molar-refractivity contribution is 5.73. The van der Waals surface area contributed by atoms with Gasteiger partial charge in [-0.1, -0.05) is 25.8 Å². The maximum atomic E-state index is 13.7. The van der Waals surface area contributed by atoms with Gasteiger partial charge in [0, 0.05) is 5.92 Å². The van der Waals surface area contributed by atoms with E-state index >= 15 is 0 Å². The summed E-state index contributed by atoms with van der Waals surface area (Å²) in [6.07, 6.45) is 6.19. The lowest BCUT2D eigenvalue weighted by molar-refractivity contribution is -0.145. The molecule has 3 nitrogen and oxygen atoms in total. The van der Waals surface area contributed by atoms with Crippen LogP contribution in [0.2, 0.25) is 0 Å². The van der Waals surface area contributed by atoms with Gasteiger partial charge in [-0.05, 0) is 31.8 Å². The van der Waals surface area contributed by atoms with Gasteiger partial charge >= 0.3 is 5.97 Å². The molecule has 19 heavy (non-hydrogen) atoms. The summed E-state index contributed by atoms with van der Waals surface area (Å²) in [5.41, 5.74) is -0.567. The molecular weight excluding hydrogens is 247 g/mol. The van der Waals surface area contributed by atoms with Crippen molar-refractivity contribution in [2.75, 3.05) is 0 Å². The topological polar surface area (TPSA) is 46.5 Å². The van der Waals surface area contributed by atoms with Crippen LogP contribution in [0.5, 0.6) is 0 Å². The quantitative estimate of drug-likeness (QED) is 0.596. The zero-order valence-corrected chi connectivity index (χ0v) is 11.5. The fourth-order valence-corrected chi connectivity index (χ4v) is 3.14. The molecular formula is C15H23FO3. The lowest BCUT2D eigenvalue weighted by atomic mass is 9.90. The lowest BCUT2D eigenvalue weighted by Crippen LogP contribution is -2.29. The third kappa shape index (κ3) is 3.16. The largest absolute Gasteiger partial charge is 0.454 e. The van der Waals surface area contributed by atoms with E-state index in [1.54, 1.807) is 6.08 Å². The van der Waals surface area contributed by atoms with E-state index in [9.17, 15) is 14.3 Å². The molecule has 1 heterocycles. The molecule has 1 saturated carbocycles. The zero-order valence-electron chi connectivity index (χ0n) is 11.5. The number of aliphatic hydroxyl groups excluding tert-OH is 1. The monoisotopic (exact) mass is 270 g/mol. The van der Waals surface area contributed by atoms with Crippen LogP contribution in [-0.2, 0) is 9.53 Å². The highest BCUT2D eigenvalue weighted by Gasteiger charge is 2.50. The van der Waals surface area contributed by atoms with Crippen molar-refractivity contribution in [1.29, 1.82) is 0 Å². The van der Waals surface area contributed by atoms with E-state index in [1.807, 2.05) is 6.92 Å². The van der Waals surface area contributed by atoms with E-state index in [0.717, 1.165) is 32.1 Å². The van der Waals surface area contributed by atoms with Crippen molar-refractivity contribution in [3.63, 3.8) is 0 Å². The van der Waals surface area contributed by atoms with Crippen molar-refractivity contribution in [1.82, 2.24) is 0 Å². The molecule has 0 radical (unpaired) electrons. The number of alkyl halides is 1. The minimum atomic E-state index is -1.23. The number of aliphatic hydroxyl groups is 1. The fraction of sp³-hybridized carbons (Fsp3) is 0.800. The third-order valence-corrected chi connectivity index (χ3v) is 4.31. The van der Waals surface area contributed by atoms with Gasteiger partial charge in [0.05, 0.1) is 6.42 Å². The SMILES string of the molecule is CCCC[C@@H](F)C(O)C=C[C@@]12CCC[C@H]1CC(=O)O2. The fourth-order valence-electron chi connectivity index (χ4n) is 3.14. The normalized spacial score (nSPS) is 33.4. The molecule has 1 unspecified atom stereocenters. The zero-order chi connectivity index (χ0) is 13.9. The van der Waals surface area contributed by atoms with Crippen LogP contribution in [0.1, 0.15) is 51.9 Å². The Labute approximate surface area is 113 Å². The smallest absolute Gasteiger partial charge is 0.307 e. The molecule has 2 fully saturated rings. The van der Waals surface area contributed by atoms with E-state index in [0.29, 0.717) is 12.8 Å². The summed E-state index contributed by atoms with van der Waals surface area (Å²) >= 11 is 0. The van der Waals surface area contributed by atoms with Gasteiger partial charge in [-0.15, -0.1) is 0 Å². The van der Waals surface area contributed by atoms with Gasteiger partial charge in [0.15, 0.2) is 0 Å². The average Bonchev–Trinajstić information content (AvgIpc) is 2.88. The van der Waals surface area contributed by atoms with Gasteiger partial charge in [-0.3, -0.25) is 4.79 Å². The first-order valence-electron chi connectivity index (χ1n) is 7.31. The number of unbranched alkanes of at least 4 members (excludes halogenated alkanes) is 1. The number of halogens is 1. The summed E-state index contributed by atoms with van der Waals surface area (Å²) in [6.45, 7) is 2.00. The molecule has 2 aliphatic rings. The molecule has 4 atom stereocenters. The number of ether oxygens (including phenoxy) is 1. The molecule has 2 rings (SSSR count). The molecule has 1 N–H and O–H groups in total. The minimum absolute atomic E-state index is 0.174. The first-order valence-corrected chi connectivity index (χ1v) is 7.31. The van der Waals surface area contributed by atoms with Gasteiger partial charge in [0.1, 0.15) is 17.9 Å². The molecule has 1 saturated heterocycles. The van der Waals surface area contributed by atoms with Crippen LogP contribution >= 0.6 is 0 Å². The molecule has 1 aliphatic carbocycles. The predicted octanol–water partition coefficient (Wildman–Crippen LogP) is 2.92. The van der Waals surface area contributed by atoms with Crippen molar-refractivity contribution in [2.45, 2.75) is 69.7 Å². The Morgan fingerprint density at radius 3 is 3.16 bits per heavy atom. The molecule has 0 spiro atoms. The first kappa shape index (κ1) is 14.5. The van der Waals surface area contributed by atoms with Crippen LogP contribution in [0, 0.1) is 5.92 Å². The second-order valence-electron chi connectivity index (χ2n) is 5.73. The molecule has 108 valence electrons. The number of rotatable bonds is 6. The van der Waals surface area contributed by atoms with Gasteiger partial charge in [0.2, 0.25) is 0 Å². The van der Waals surface area contributed by atoms with Crippen molar-refractivity contribution in [3.05, 3.63) is 12.2 Å². The van der Waals surface area contributed by atoms with Crippen LogP contribution in [0.4, 0.5) is 4.39 Å². The predicted molar refractivity (Wildman–Crippen MR) is 70.3 cm³/mol. The summed E-state index contributed by atoms with van der Waals surface area (Å²) in [6, 6.07) is 0. The number of carbonyl (C=O) groups is 1. The number of esters is 1. The summed E-state index contributed by atoms with van der Waals surface area (Å²) in [4.78, 5) is 11.4. The van der Waals surface area contributed by atoms with Crippen LogP contribution in [0.3, 0.4) is 0 Å². The van der Waals surface area contributed by atoms with Crippen molar-refractivity contribution in [3.8, 4) is 0 Å². The Morgan fingerprint density at radius 1 is 1.63 bits per heavy atom. The maximum absolute atomic E-state index is 13.7. The third-order valence-electron chi connectivity index (χ3n) is 4.31. The molecule has 0 aromatic rings. The summed E-state index contributed by atoms with van der Waals surface area (Å²) in [7, 11) is 0. The highest BCUT2D eigenvalue weighted by Crippen LogP contribution is 2.46. The van der Waals surface area contributed by atoms with Gasteiger partial charge in [0.25, 0.3) is 0 Å². The van der Waals surface area contributed by atoms with E-state index < -0.39 is 17.9 Å². The molecule has 0 aromatic heterocycles. The van der Waals surface area contributed by atoms with E-state index in [-0.39, 0.29) is 11.9 Å². The Kier molecular flexibility index (Phi) is 4.61. The Balaban J connectivity index is 1.95. The van der Waals surface area contributed by atoms with Crippen molar-refractivity contribution in [2.24, 2.45) is 5.92 Å². The van der Waals surface area contributed by atoms with Crippen LogP contribution in [0.15, 0.2) is 12.2 Å². The van der Waals surface area contributed by atoms with Crippen molar-refractivity contribution >= 4 is 5.97 Å². The van der Waals surface area contributed by atoms with E-state index in [4.69, 9.17) is 4.74 Å². The summed E-state index contributed by atoms with van der Waals surface area (Å²) in [5, 5.41) is 9.78. The highest BCUT2D eigenvalue weighted by atomic mass is 19.1. The summed E-state index contributed by atoms with van der Waals surface area (Å²) < 4.78 is 19.1. The standard InChI is InChI=1S/C15H23FO3/c1-2-3-6-12(16)13(17)7-9-15-8-4-5-11(15)10-14(18)19-15/h7,9,11-13,17H,2-6,8,10H2,1H3/t11-,12+,13?,15-/m0/s1. The Bertz CT molecular complexity index is 355. The van der Waals surface area contributed by atoms with Crippen molar-refractivity contribution < 1.29 is 19.0 Å². The van der Waals surface area contributed by atoms with Gasteiger partial charge < -0.3 is 9.84 Å². The Morgan fingerprint density at radius 2 is 2.42 bits per heavy atom.